The molecule has 0 amide bonds. The summed E-state index contributed by atoms with van der Waals surface area (Å²) in [6.45, 7) is 1.72. The van der Waals surface area contributed by atoms with Crippen LogP contribution < -0.4 is 5.56 Å². The molecular formula is C9H7ClN2O2. The molecule has 0 saturated heterocycles. The summed E-state index contributed by atoms with van der Waals surface area (Å²) in [5, 5.41) is 10.2. The van der Waals surface area contributed by atoms with E-state index in [2.05, 4.69) is 9.97 Å². The third-order valence-electron chi connectivity index (χ3n) is 2.03. The monoisotopic (exact) mass is 210 g/mol. The second-order valence-electron chi connectivity index (χ2n) is 2.98. The maximum absolute atomic E-state index is 11.3. The zero-order valence-corrected chi connectivity index (χ0v) is 8.09. The number of benzene rings is 1. The Morgan fingerprint density at radius 1 is 1.57 bits per heavy atom. The Morgan fingerprint density at radius 2 is 2.29 bits per heavy atom. The minimum Gasteiger partial charge on any atom is -0.504 e. The van der Waals surface area contributed by atoms with E-state index in [1.54, 1.807) is 13.0 Å². The molecule has 5 heteroatoms. The van der Waals surface area contributed by atoms with Crippen molar-refractivity contribution >= 4 is 22.5 Å². The van der Waals surface area contributed by atoms with Crippen LogP contribution in [0.2, 0.25) is 5.02 Å². The lowest BCUT2D eigenvalue weighted by Crippen LogP contribution is -2.06. The summed E-state index contributed by atoms with van der Waals surface area (Å²) in [5.74, 6) is -0.146. The molecule has 0 fully saturated rings. The summed E-state index contributed by atoms with van der Waals surface area (Å²) >= 11 is 5.81. The van der Waals surface area contributed by atoms with E-state index in [0.717, 1.165) is 0 Å². The van der Waals surface area contributed by atoms with Gasteiger partial charge >= 0.3 is 0 Å². The Hall–Kier alpha value is -1.55. The number of nitrogens with one attached hydrogen (secondary N) is 1. The summed E-state index contributed by atoms with van der Waals surface area (Å²) in [6, 6.07) is 1.60. The summed E-state index contributed by atoms with van der Waals surface area (Å²) in [4.78, 5) is 17.6. The highest BCUT2D eigenvalue weighted by Crippen LogP contribution is 2.32. The van der Waals surface area contributed by atoms with Gasteiger partial charge in [-0.3, -0.25) is 4.79 Å². The van der Waals surface area contributed by atoms with Gasteiger partial charge in [0, 0.05) is 0 Å². The minimum absolute atomic E-state index is 0.146. The predicted octanol–water partition coefficient (Wildman–Crippen LogP) is 1.59. The number of H-pyrrole nitrogens is 1. The molecule has 0 bridgehead atoms. The zero-order chi connectivity index (χ0) is 10.3. The van der Waals surface area contributed by atoms with Crippen LogP contribution in [0.5, 0.6) is 5.75 Å². The molecule has 14 heavy (non-hydrogen) atoms. The van der Waals surface area contributed by atoms with E-state index in [0.29, 0.717) is 10.9 Å². The zero-order valence-electron chi connectivity index (χ0n) is 7.34. The van der Waals surface area contributed by atoms with Crippen LogP contribution >= 0.6 is 11.6 Å². The lowest BCUT2D eigenvalue weighted by molar-refractivity contribution is 0.480. The van der Waals surface area contributed by atoms with Crippen molar-refractivity contribution in [2.24, 2.45) is 0 Å². The van der Waals surface area contributed by atoms with Gasteiger partial charge in [0.05, 0.1) is 16.7 Å². The van der Waals surface area contributed by atoms with Crippen molar-refractivity contribution in [3.63, 3.8) is 0 Å². The van der Waals surface area contributed by atoms with Crippen LogP contribution in [0.1, 0.15) is 5.56 Å². The molecule has 0 atom stereocenters. The molecule has 1 heterocycles. The quantitative estimate of drug-likeness (QED) is 0.694. The number of rotatable bonds is 0. The van der Waals surface area contributed by atoms with E-state index >= 15 is 0 Å². The fourth-order valence-electron chi connectivity index (χ4n) is 1.30. The van der Waals surface area contributed by atoms with Gasteiger partial charge in [-0.25, -0.2) is 4.98 Å². The van der Waals surface area contributed by atoms with E-state index < -0.39 is 0 Å². The number of nitrogens with zero attached hydrogens (tertiary/aromatic N) is 1. The maximum Gasteiger partial charge on any atom is 0.258 e. The van der Waals surface area contributed by atoms with Crippen molar-refractivity contribution in [3.05, 3.63) is 33.3 Å². The van der Waals surface area contributed by atoms with Gasteiger partial charge in [-0.15, -0.1) is 0 Å². The van der Waals surface area contributed by atoms with Crippen molar-refractivity contribution in [2.75, 3.05) is 0 Å². The fraction of sp³-hybridized carbons (Fsp3) is 0.111. The largest absolute Gasteiger partial charge is 0.504 e. The summed E-state index contributed by atoms with van der Waals surface area (Å²) in [7, 11) is 0. The smallest absolute Gasteiger partial charge is 0.258 e. The average Bonchev–Trinajstić information content (AvgIpc) is 2.17. The second-order valence-corrected chi connectivity index (χ2v) is 3.36. The molecule has 0 aliphatic carbocycles. The number of hydrogen-bond acceptors (Lipinski definition) is 3. The number of aromatic nitrogens is 2. The predicted molar refractivity (Wildman–Crippen MR) is 53.8 cm³/mol. The van der Waals surface area contributed by atoms with E-state index in [1.165, 1.54) is 6.33 Å². The Labute approximate surface area is 84.2 Å². The van der Waals surface area contributed by atoms with Crippen molar-refractivity contribution < 1.29 is 5.11 Å². The normalized spacial score (nSPS) is 10.7. The molecule has 72 valence electrons. The first-order chi connectivity index (χ1) is 6.61. The first-order valence-corrected chi connectivity index (χ1v) is 4.34. The van der Waals surface area contributed by atoms with Crippen LogP contribution in [-0.2, 0) is 0 Å². The highest BCUT2D eigenvalue weighted by molar-refractivity contribution is 6.33. The Morgan fingerprint density at radius 3 is 3.00 bits per heavy atom. The lowest BCUT2D eigenvalue weighted by Gasteiger charge is -2.03. The number of aromatic amines is 1. The van der Waals surface area contributed by atoms with Gasteiger partial charge in [-0.1, -0.05) is 11.6 Å². The minimum atomic E-state index is -0.287. The second kappa shape index (κ2) is 2.99. The molecule has 0 aliphatic rings. The van der Waals surface area contributed by atoms with Crippen molar-refractivity contribution in [1.29, 1.82) is 0 Å². The van der Waals surface area contributed by atoms with Crippen molar-refractivity contribution in [1.82, 2.24) is 9.97 Å². The topological polar surface area (TPSA) is 66.0 Å². The summed E-state index contributed by atoms with van der Waals surface area (Å²) < 4.78 is 0. The SMILES string of the molecule is Cc1cc2c(=O)[nH]cnc2c(O)c1Cl. The Kier molecular flexibility index (Phi) is 1.93. The summed E-state index contributed by atoms with van der Waals surface area (Å²) in [5.41, 5.74) is 0.588. The van der Waals surface area contributed by atoms with E-state index in [9.17, 15) is 9.90 Å². The molecule has 2 aromatic rings. The highest BCUT2D eigenvalue weighted by Gasteiger charge is 2.10. The molecule has 1 aromatic heterocycles. The van der Waals surface area contributed by atoms with Crippen LogP contribution in [-0.4, -0.2) is 15.1 Å². The Balaban J connectivity index is 3.06. The third-order valence-corrected chi connectivity index (χ3v) is 2.51. The number of phenols is 1. The summed E-state index contributed by atoms with van der Waals surface area (Å²) in [6.07, 6.45) is 1.23. The van der Waals surface area contributed by atoms with Crippen LogP contribution in [0.4, 0.5) is 0 Å². The van der Waals surface area contributed by atoms with Gasteiger partial charge in [0.25, 0.3) is 5.56 Å². The molecule has 2 rings (SSSR count). The number of aryl methyl sites for hydroxylation is 1. The van der Waals surface area contributed by atoms with Gasteiger partial charge < -0.3 is 10.1 Å². The molecular weight excluding hydrogens is 204 g/mol. The lowest BCUT2D eigenvalue weighted by atomic mass is 10.1. The van der Waals surface area contributed by atoms with Crippen LogP contribution in [0.25, 0.3) is 10.9 Å². The average molecular weight is 211 g/mol. The fourth-order valence-corrected chi connectivity index (χ4v) is 1.45. The molecule has 0 aliphatic heterocycles. The third kappa shape index (κ3) is 1.15. The van der Waals surface area contributed by atoms with Crippen LogP contribution in [0, 0.1) is 6.92 Å². The molecule has 0 spiro atoms. The molecule has 2 N–H and O–H groups in total. The number of halogens is 1. The first-order valence-electron chi connectivity index (χ1n) is 3.96. The molecule has 4 nitrogen and oxygen atoms in total. The van der Waals surface area contributed by atoms with Crippen molar-refractivity contribution in [3.8, 4) is 5.75 Å². The van der Waals surface area contributed by atoms with Gasteiger partial charge in [-0.2, -0.15) is 0 Å². The van der Waals surface area contributed by atoms with Crippen LogP contribution in [0.15, 0.2) is 17.2 Å². The van der Waals surface area contributed by atoms with Gasteiger partial charge in [-0.05, 0) is 18.6 Å². The highest BCUT2D eigenvalue weighted by atomic mass is 35.5. The van der Waals surface area contributed by atoms with E-state index in [-0.39, 0.29) is 21.8 Å². The number of phenolic OH excluding ortho intramolecular Hbond substituents is 1. The van der Waals surface area contributed by atoms with Gasteiger partial charge in [0.15, 0.2) is 5.75 Å². The maximum atomic E-state index is 11.3. The molecule has 1 aromatic carbocycles. The Bertz CT molecular complexity index is 562. The van der Waals surface area contributed by atoms with Gasteiger partial charge in [0.2, 0.25) is 0 Å². The molecule has 0 saturated carbocycles. The number of aromatic hydroxyl groups is 1. The van der Waals surface area contributed by atoms with Crippen LogP contribution in [0.3, 0.4) is 0 Å². The molecule has 0 radical (unpaired) electrons. The van der Waals surface area contributed by atoms with E-state index in [4.69, 9.17) is 11.6 Å². The number of hydrogen-bond donors (Lipinski definition) is 2. The van der Waals surface area contributed by atoms with E-state index in [1.807, 2.05) is 0 Å². The standard InChI is InChI=1S/C9H7ClN2O2/c1-4-2-5-7(8(13)6(4)10)11-3-12-9(5)14/h2-3,13H,1H3,(H,11,12,14). The number of fused-ring (bicyclic) bond motifs is 1. The van der Waals surface area contributed by atoms with Gasteiger partial charge in [0.1, 0.15) is 5.52 Å². The molecule has 0 unspecified atom stereocenters. The first kappa shape index (κ1) is 9.02. The van der Waals surface area contributed by atoms with Crippen molar-refractivity contribution in [2.45, 2.75) is 6.92 Å².